The van der Waals surface area contributed by atoms with Crippen molar-refractivity contribution in [1.82, 2.24) is 0 Å². The van der Waals surface area contributed by atoms with Crippen molar-refractivity contribution in [3.05, 3.63) is 0 Å². The van der Waals surface area contributed by atoms with Gasteiger partial charge in [-0.25, -0.2) is 0 Å². The average Bonchev–Trinajstić information content (AvgIpc) is 2.83. The SMILES string of the molecule is C[C@H]1CCC[C@H]([C@@H]2C[C@H]3C[C@@H]2[C@H](C)C3(C)C)[C@@H]1O. The van der Waals surface area contributed by atoms with E-state index in [0.29, 0.717) is 17.3 Å². The summed E-state index contributed by atoms with van der Waals surface area (Å²) in [5.74, 6) is 4.65. The van der Waals surface area contributed by atoms with Gasteiger partial charge >= 0.3 is 0 Å². The zero-order chi connectivity index (χ0) is 13.1. The Balaban J connectivity index is 1.76. The van der Waals surface area contributed by atoms with E-state index in [0.717, 1.165) is 23.7 Å². The first kappa shape index (κ1) is 13.0. The van der Waals surface area contributed by atoms with E-state index in [1.165, 1.54) is 32.1 Å². The number of rotatable bonds is 1. The standard InChI is InChI=1S/C17H30O/c1-10-6-5-7-13(16(10)18)15-9-12-8-14(15)11(2)17(12,3)4/h10-16,18H,5-9H2,1-4H3/t10-,11-,12+,13+,14+,15-,16+/m0/s1. The molecule has 3 fully saturated rings. The summed E-state index contributed by atoms with van der Waals surface area (Å²) in [5.41, 5.74) is 0.548. The zero-order valence-electron chi connectivity index (χ0n) is 12.5. The van der Waals surface area contributed by atoms with E-state index in [9.17, 15) is 5.11 Å². The first-order valence-corrected chi connectivity index (χ1v) is 8.11. The Kier molecular flexibility index (Phi) is 3.05. The van der Waals surface area contributed by atoms with Crippen molar-refractivity contribution >= 4 is 0 Å². The second kappa shape index (κ2) is 4.23. The summed E-state index contributed by atoms with van der Waals surface area (Å²) in [4.78, 5) is 0. The molecule has 104 valence electrons. The van der Waals surface area contributed by atoms with Crippen LogP contribution in [0.5, 0.6) is 0 Å². The molecular formula is C17H30O. The Morgan fingerprint density at radius 2 is 1.61 bits per heavy atom. The van der Waals surface area contributed by atoms with Crippen molar-refractivity contribution in [2.45, 2.75) is 65.9 Å². The summed E-state index contributed by atoms with van der Waals surface area (Å²) >= 11 is 0. The fourth-order valence-corrected chi connectivity index (χ4v) is 5.61. The van der Waals surface area contributed by atoms with Crippen LogP contribution in [0.15, 0.2) is 0 Å². The molecule has 0 unspecified atom stereocenters. The summed E-state index contributed by atoms with van der Waals surface area (Å²) in [6.07, 6.45) is 6.69. The molecule has 0 aromatic carbocycles. The molecule has 2 bridgehead atoms. The largest absolute Gasteiger partial charge is 0.393 e. The van der Waals surface area contributed by atoms with E-state index in [4.69, 9.17) is 0 Å². The maximum Gasteiger partial charge on any atom is 0.0596 e. The molecule has 0 aliphatic heterocycles. The van der Waals surface area contributed by atoms with Crippen LogP contribution in [0.25, 0.3) is 0 Å². The third kappa shape index (κ3) is 1.69. The van der Waals surface area contributed by atoms with Gasteiger partial charge in [0.25, 0.3) is 0 Å². The summed E-state index contributed by atoms with van der Waals surface area (Å²) in [6, 6.07) is 0. The van der Waals surface area contributed by atoms with Gasteiger partial charge in [-0.05, 0) is 66.6 Å². The van der Waals surface area contributed by atoms with Crippen LogP contribution < -0.4 is 0 Å². The van der Waals surface area contributed by atoms with E-state index < -0.39 is 0 Å². The van der Waals surface area contributed by atoms with Gasteiger partial charge in [0, 0.05) is 0 Å². The van der Waals surface area contributed by atoms with Crippen molar-refractivity contribution in [3.8, 4) is 0 Å². The van der Waals surface area contributed by atoms with Crippen molar-refractivity contribution in [2.24, 2.45) is 40.9 Å². The molecule has 18 heavy (non-hydrogen) atoms. The first-order chi connectivity index (χ1) is 8.43. The maximum atomic E-state index is 10.5. The Morgan fingerprint density at radius 3 is 2.22 bits per heavy atom. The van der Waals surface area contributed by atoms with Crippen LogP contribution in [-0.2, 0) is 0 Å². The van der Waals surface area contributed by atoms with Crippen LogP contribution in [0.4, 0.5) is 0 Å². The van der Waals surface area contributed by atoms with E-state index >= 15 is 0 Å². The Morgan fingerprint density at radius 1 is 0.944 bits per heavy atom. The van der Waals surface area contributed by atoms with Crippen molar-refractivity contribution in [1.29, 1.82) is 0 Å². The molecule has 3 aliphatic carbocycles. The molecule has 3 aliphatic rings. The molecule has 1 heteroatoms. The van der Waals surface area contributed by atoms with Gasteiger partial charge < -0.3 is 5.11 Å². The molecule has 0 radical (unpaired) electrons. The highest BCUT2D eigenvalue weighted by atomic mass is 16.3. The predicted octanol–water partition coefficient (Wildman–Crippen LogP) is 4.10. The molecule has 0 spiro atoms. The lowest BCUT2D eigenvalue weighted by molar-refractivity contribution is -0.0365. The Hall–Kier alpha value is -0.0400. The van der Waals surface area contributed by atoms with Gasteiger partial charge in [-0.2, -0.15) is 0 Å². The topological polar surface area (TPSA) is 20.2 Å². The van der Waals surface area contributed by atoms with Crippen molar-refractivity contribution in [3.63, 3.8) is 0 Å². The van der Waals surface area contributed by atoms with Crippen LogP contribution in [0, 0.1) is 40.9 Å². The van der Waals surface area contributed by atoms with Crippen molar-refractivity contribution in [2.75, 3.05) is 0 Å². The lowest BCUT2D eigenvalue weighted by Gasteiger charge is -2.46. The molecule has 3 rings (SSSR count). The molecule has 0 heterocycles. The van der Waals surface area contributed by atoms with Gasteiger partial charge in [-0.3, -0.25) is 0 Å². The second-order valence-electron chi connectivity index (χ2n) is 8.17. The minimum Gasteiger partial charge on any atom is -0.393 e. The minimum absolute atomic E-state index is 0.0154. The Labute approximate surface area is 112 Å². The van der Waals surface area contributed by atoms with Crippen LogP contribution in [0.3, 0.4) is 0 Å². The van der Waals surface area contributed by atoms with Gasteiger partial charge in [-0.15, -0.1) is 0 Å². The molecule has 0 saturated heterocycles. The molecule has 0 aromatic rings. The van der Waals surface area contributed by atoms with Gasteiger partial charge in [0.1, 0.15) is 0 Å². The van der Waals surface area contributed by atoms with Crippen LogP contribution in [0.2, 0.25) is 0 Å². The maximum absolute atomic E-state index is 10.5. The summed E-state index contributed by atoms with van der Waals surface area (Å²) in [6.45, 7) is 9.66. The van der Waals surface area contributed by atoms with Crippen LogP contribution in [-0.4, -0.2) is 11.2 Å². The van der Waals surface area contributed by atoms with E-state index in [1.807, 2.05) is 0 Å². The number of hydrogen-bond donors (Lipinski definition) is 1. The Bertz CT molecular complexity index is 318. The number of fused-ring (bicyclic) bond motifs is 2. The second-order valence-corrected chi connectivity index (χ2v) is 8.17. The predicted molar refractivity (Wildman–Crippen MR) is 75.2 cm³/mol. The quantitative estimate of drug-likeness (QED) is 0.743. The van der Waals surface area contributed by atoms with E-state index in [1.54, 1.807) is 0 Å². The normalized spacial score (nSPS) is 54.8. The van der Waals surface area contributed by atoms with Crippen molar-refractivity contribution < 1.29 is 5.11 Å². The fraction of sp³-hybridized carbons (Fsp3) is 1.00. The lowest BCUT2D eigenvalue weighted by atomic mass is 9.60. The summed E-state index contributed by atoms with van der Waals surface area (Å²) in [5, 5.41) is 10.5. The first-order valence-electron chi connectivity index (χ1n) is 8.11. The average molecular weight is 250 g/mol. The molecular weight excluding hydrogens is 220 g/mol. The highest BCUT2D eigenvalue weighted by molar-refractivity contribution is 5.06. The molecule has 0 aromatic heterocycles. The third-order valence-corrected chi connectivity index (χ3v) is 7.30. The summed E-state index contributed by atoms with van der Waals surface area (Å²) < 4.78 is 0. The molecule has 1 nitrogen and oxygen atoms in total. The molecule has 7 atom stereocenters. The van der Waals surface area contributed by atoms with Gasteiger partial charge in [0.2, 0.25) is 0 Å². The van der Waals surface area contributed by atoms with E-state index in [2.05, 4.69) is 27.7 Å². The van der Waals surface area contributed by atoms with E-state index in [-0.39, 0.29) is 6.10 Å². The molecule has 1 N–H and O–H groups in total. The summed E-state index contributed by atoms with van der Waals surface area (Å²) in [7, 11) is 0. The number of aliphatic hydroxyl groups is 1. The number of aliphatic hydroxyl groups excluding tert-OH is 1. The molecule has 3 saturated carbocycles. The highest BCUT2D eigenvalue weighted by Crippen LogP contribution is 2.64. The smallest absolute Gasteiger partial charge is 0.0596 e. The monoisotopic (exact) mass is 250 g/mol. The third-order valence-electron chi connectivity index (χ3n) is 7.30. The fourth-order valence-electron chi connectivity index (χ4n) is 5.61. The number of hydrogen-bond acceptors (Lipinski definition) is 1. The molecule has 0 amide bonds. The highest BCUT2D eigenvalue weighted by Gasteiger charge is 2.57. The van der Waals surface area contributed by atoms with Crippen LogP contribution >= 0.6 is 0 Å². The van der Waals surface area contributed by atoms with Gasteiger partial charge in [0.05, 0.1) is 6.10 Å². The zero-order valence-corrected chi connectivity index (χ0v) is 12.5. The lowest BCUT2D eigenvalue weighted by Crippen LogP contribution is -2.42. The van der Waals surface area contributed by atoms with Gasteiger partial charge in [0.15, 0.2) is 0 Å². The van der Waals surface area contributed by atoms with Gasteiger partial charge in [-0.1, -0.05) is 34.1 Å². The minimum atomic E-state index is -0.0154. The van der Waals surface area contributed by atoms with Crippen LogP contribution in [0.1, 0.15) is 59.8 Å².